The van der Waals surface area contributed by atoms with Gasteiger partial charge in [-0.15, -0.1) is 0 Å². The number of benzene rings is 2. The molecule has 0 radical (unpaired) electrons. The molecule has 0 unspecified atom stereocenters. The van der Waals surface area contributed by atoms with Crippen LogP contribution in [0.15, 0.2) is 93.2 Å². The van der Waals surface area contributed by atoms with Crippen LogP contribution in [0.5, 0.6) is 11.5 Å². The third kappa shape index (κ3) is 6.06. The molecular weight excluding hydrogens is 466 g/mol. The molecule has 0 fully saturated rings. The summed E-state index contributed by atoms with van der Waals surface area (Å²) in [7, 11) is 0. The summed E-state index contributed by atoms with van der Waals surface area (Å²) in [5.41, 5.74) is 3.74. The van der Waals surface area contributed by atoms with Crippen molar-refractivity contribution in [3.05, 3.63) is 102 Å². The lowest BCUT2D eigenvalue weighted by Crippen LogP contribution is -2.18. The number of nitrogens with zero attached hydrogens (tertiary/aromatic N) is 1. The maximum atomic E-state index is 12.5. The number of carbonyl (C=O) groups is 3. The van der Waals surface area contributed by atoms with Crippen molar-refractivity contribution < 1.29 is 32.7 Å². The zero-order valence-corrected chi connectivity index (χ0v) is 19.1. The molecule has 4 rings (SSSR count). The lowest BCUT2D eigenvalue weighted by atomic mass is 10.2. The third-order valence-electron chi connectivity index (χ3n) is 4.70. The minimum atomic E-state index is -0.655. The number of nitrogens with one attached hydrogen (secondary N) is 2. The fourth-order valence-corrected chi connectivity index (χ4v) is 3.07. The van der Waals surface area contributed by atoms with Gasteiger partial charge in [-0.05, 0) is 73.2 Å². The van der Waals surface area contributed by atoms with Crippen molar-refractivity contribution in [2.75, 3.05) is 11.9 Å². The molecule has 0 aliphatic heterocycles. The van der Waals surface area contributed by atoms with Crippen LogP contribution < -0.4 is 20.2 Å². The topological polar surface area (TPSA) is 132 Å². The predicted octanol–water partition coefficient (Wildman–Crippen LogP) is 4.51. The van der Waals surface area contributed by atoms with Crippen molar-refractivity contribution in [3.8, 4) is 11.5 Å². The summed E-state index contributed by atoms with van der Waals surface area (Å²) < 4.78 is 21.0. The molecule has 4 aromatic rings. The lowest BCUT2D eigenvalue weighted by molar-refractivity contribution is 0.0694. The average molecular weight is 487 g/mol. The molecule has 2 N–H and O–H groups in total. The molecule has 2 heterocycles. The Kier molecular flexibility index (Phi) is 7.57. The van der Waals surface area contributed by atoms with Gasteiger partial charge in [0.2, 0.25) is 5.76 Å². The van der Waals surface area contributed by atoms with Crippen LogP contribution in [0.1, 0.15) is 44.0 Å². The highest BCUT2D eigenvalue weighted by molar-refractivity contribution is 6.03. The first-order valence-electron chi connectivity index (χ1n) is 10.8. The highest BCUT2D eigenvalue weighted by Gasteiger charge is 2.15. The van der Waals surface area contributed by atoms with E-state index >= 15 is 0 Å². The minimum Gasteiger partial charge on any atom is -0.490 e. The van der Waals surface area contributed by atoms with E-state index in [1.165, 1.54) is 36.9 Å². The fraction of sp³-hybridized carbons (Fsp3) is 0.0769. The Labute approximate surface area is 205 Å². The number of ether oxygens (including phenoxy) is 2. The number of amides is 2. The van der Waals surface area contributed by atoms with Gasteiger partial charge >= 0.3 is 5.97 Å². The van der Waals surface area contributed by atoms with Crippen molar-refractivity contribution >= 4 is 29.7 Å². The average Bonchev–Trinajstić information content (AvgIpc) is 3.61. The Balaban J connectivity index is 1.39. The summed E-state index contributed by atoms with van der Waals surface area (Å²) in [6.07, 6.45) is 4.19. The van der Waals surface area contributed by atoms with Gasteiger partial charge in [0.15, 0.2) is 17.3 Å². The van der Waals surface area contributed by atoms with Crippen LogP contribution in [0.2, 0.25) is 0 Å². The summed E-state index contributed by atoms with van der Waals surface area (Å²) in [5.74, 6) is -0.802. The smallest absolute Gasteiger partial charge is 0.379 e. The maximum Gasteiger partial charge on any atom is 0.379 e. The normalized spacial score (nSPS) is 10.7. The molecule has 2 aromatic heterocycles. The highest BCUT2D eigenvalue weighted by atomic mass is 16.6. The van der Waals surface area contributed by atoms with E-state index in [4.69, 9.17) is 18.3 Å². The molecule has 0 atom stereocenters. The second-order valence-electron chi connectivity index (χ2n) is 7.22. The van der Waals surface area contributed by atoms with Crippen molar-refractivity contribution in [1.29, 1.82) is 0 Å². The number of hydrazone groups is 1. The summed E-state index contributed by atoms with van der Waals surface area (Å²) >= 11 is 0. The Morgan fingerprint density at radius 1 is 0.889 bits per heavy atom. The standard InChI is InChI=1S/C26H21N3O7/c1-2-33-23-14-17(10-11-20(23)36-26(32)22-9-5-13-35-22)16-27-29-24(30)18-6-3-7-19(15-18)28-25(31)21-8-4-12-34-21/h3-16H,2H2,1H3,(H,28,31)(H,29,30). The highest BCUT2D eigenvalue weighted by Crippen LogP contribution is 2.29. The quantitative estimate of drug-likeness (QED) is 0.154. The number of furan rings is 2. The Bertz CT molecular complexity index is 1380. The second kappa shape index (κ2) is 11.3. The molecular formula is C26H21N3O7. The van der Waals surface area contributed by atoms with Crippen LogP contribution in [0, 0.1) is 0 Å². The number of esters is 1. The van der Waals surface area contributed by atoms with Gasteiger partial charge in [-0.2, -0.15) is 5.10 Å². The number of hydrogen-bond donors (Lipinski definition) is 2. The van der Waals surface area contributed by atoms with E-state index in [9.17, 15) is 14.4 Å². The van der Waals surface area contributed by atoms with E-state index in [1.54, 1.807) is 55.5 Å². The number of carbonyl (C=O) groups excluding carboxylic acids is 3. The van der Waals surface area contributed by atoms with Gasteiger partial charge in [-0.1, -0.05) is 6.07 Å². The van der Waals surface area contributed by atoms with E-state index < -0.39 is 17.8 Å². The second-order valence-corrected chi connectivity index (χ2v) is 7.22. The zero-order valence-electron chi connectivity index (χ0n) is 19.1. The van der Waals surface area contributed by atoms with Crippen molar-refractivity contribution in [2.24, 2.45) is 5.10 Å². The van der Waals surface area contributed by atoms with E-state index in [0.29, 0.717) is 29.2 Å². The summed E-state index contributed by atoms with van der Waals surface area (Å²) in [4.78, 5) is 36.8. The van der Waals surface area contributed by atoms with Gasteiger partial charge in [0.1, 0.15) is 0 Å². The van der Waals surface area contributed by atoms with Crippen LogP contribution in [0.25, 0.3) is 0 Å². The molecule has 0 aliphatic carbocycles. The fourth-order valence-electron chi connectivity index (χ4n) is 3.07. The molecule has 10 nitrogen and oxygen atoms in total. The van der Waals surface area contributed by atoms with Gasteiger partial charge in [0.05, 0.1) is 25.3 Å². The van der Waals surface area contributed by atoms with Crippen LogP contribution in [-0.2, 0) is 0 Å². The molecule has 0 aliphatic rings. The molecule has 2 aromatic carbocycles. The van der Waals surface area contributed by atoms with Gasteiger partial charge in [-0.3, -0.25) is 9.59 Å². The number of hydrogen-bond acceptors (Lipinski definition) is 8. The van der Waals surface area contributed by atoms with E-state index in [-0.39, 0.29) is 17.3 Å². The summed E-state index contributed by atoms with van der Waals surface area (Å²) in [5, 5.41) is 6.64. The van der Waals surface area contributed by atoms with Gasteiger partial charge in [0.25, 0.3) is 11.8 Å². The van der Waals surface area contributed by atoms with Gasteiger partial charge in [0, 0.05) is 11.3 Å². The molecule has 0 bridgehead atoms. The first-order valence-corrected chi connectivity index (χ1v) is 10.8. The number of anilines is 1. The van der Waals surface area contributed by atoms with E-state index in [1.807, 2.05) is 0 Å². The monoisotopic (exact) mass is 487 g/mol. The lowest BCUT2D eigenvalue weighted by Gasteiger charge is -2.10. The molecule has 36 heavy (non-hydrogen) atoms. The Morgan fingerprint density at radius 3 is 2.39 bits per heavy atom. The van der Waals surface area contributed by atoms with Crippen LogP contribution in [-0.4, -0.2) is 30.6 Å². The molecule has 0 saturated carbocycles. The molecule has 0 spiro atoms. The van der Waals surface area contributed by atoms with Crippen molar-refractivity contribution in [3.63, 3.8) is 0 Å². The predicted molar refractivity (Wildman–Crippen MR) is 129 cm³/mol. The molecule has 0 saturated heterocycles. The zero-order chi connectivity index (χ0) is 25.3. The summed E-state index contributed by atoms with van der Waals surface area (Å²) in [6.45, 7) is 2.14. The number of rotatable bonds is 9. The van der Waals surface area contributed by atoms with Crippen molar-refractivity contribution in [1.82, 2.24) is 5.43 Å². The largest absolute Gasteiger partial charge is 0.490 e. The van der Waals surface area contributed by atoms with E-state index in [2.05, 4.69) is 15.8 Å². The molecule has 10 heteroatoms. The molecule has 2 amide bonds. The van der Waals surface area contributed by atoms with Crippen molar-refractivity contribution in [2.45, 2.75) is 6.92 Å². The van der Waals surface area contributed by atoms with Crippen LogP contribution in [0.3, 0.4) is 0 Å². The first kappa shape index (κ1) is 24.0. The molecule has 182 valence electrons. The van der Waals surface area contributed by atoms with Gasteiger partial charge in [-0.25, -0.2) is 10.2 Å². The van der Waals surface area contributed by atoms with E-state index in [0.717, 1.165) is 0 Å². The van der Waals surface area contributed by atoms with Crippen LogP contribution in [0.4, 0.5) is 5.69 Å². The SMILES string of the molecule is CCOc1cc(C=NNC(=O)c2cccc(NC(=O)c3ccco3)c2)ccc1OC(=O)c1ccco1. The first-order chi connectivity index (χ1) is 17.5. The Hall–Kier alpha value is -5.12. The minimum absolute atomic E-state index is 0.0652. The maximum absolute atomic E-state index is 12.5. The van der Waals surface area contributed by atoms with Gasteiger partial charge < -0.3 is 23.6 Å². The van der Waals surface area contributed by atoms with Crippen LogP contribution >= 0.6 is 0 Å². The Morgan fingerprint density at radius 2 is 1.67 bits per heavy atom. The summed E-state index contributed by atoms with van der Waals surface area (Å²) in [6, 6.07) is 17.4. The third-order valence-corrected chi connectivity index (χ3v) is 4.70.